The third kappa shape index (κ3) is 2.38. The quantitative estimate of drug-likeness (QED) is 0.510. The number of rotatable bonds is 3. The fourth-order valence-electron chi connectivity index (χ4n) is 3.01. The average Bonchev–Trinajstić information content (AvgIpc) is 3.01. The summed E-state index contributed by atoms with van der Waals surface area (Å²) in [7, 11) is 0. The lowest BCUT2D eigenvalue weighted by Crippen LogP contribution is -1.96. The zero-order chi connectivity index (χ0) is 16.5. The second-order valence-electron chi connectivity index (χ2n) is 5.59. The highest BCUT2D eigenvalue weighted by Gasteiger charge is 2.17. The van der Waals surface area contributed by atoms with Crippen molar-refractivity contribution < 1.29 is 0 Å². The summed E-state index contributed by atoms with van der Waals surface area (Å²) in [6, 6.07) is 20.1. The molecule has 0 aliphatic heterocycles. The molecular weight excluding hydrogens is 318 g/mol. The molecule has 0 aliphatic carbocycles. The summed E-state index contributed by atoms with van der Waals surface area (Å²) in [5, 5.41) is 5.53. The second-order valence-corrected chi connectivity index (χ2v) is 5.99. The molecular formula is C20H16ClN3. The van der Waals surface area contributed by atoms with Crippen LogP contribution in [0.25, 0.3) is 28.0 Å². The maximum atomic E-state index is 6.40. The monoisotopic (exact) mass is 333 g/mol. The van der Waals surface area contributed by atoms with Crippen LogP contribution >= 0.6 is 11.6 Å². The summed E-state index contributed by atoms with van der Waals surface area (Å²) in [5.41, 5.74) is 6.02. The Morgan fingerprint density at radius 3 is 2.46 bits per heavy atom. The summed E-state index contributed by atoms with van der Waals surface area (Å²) in [4.78, 5) is 4.60. The number of halogens is 1. The van der Waals surface area contributed by atoms with E-state index in [-0.39, 0.29) is 0 Å². The number of nitrogens with zero attached hydrogens (tertiary/aromatic N) is 3. The standard InChI is InChI=1S/C20H16ClN3/c1-2-17-19(14-8-4-3-5-9-14)20-22-13-12-18(24(20)23-17)15-10-6-7-11-16(15)21/h3-13H,2H2,1H3. The predicted molar refractivity (Wildman–Crippen MR) is 98.2 cm³/mol. The van der Waals surface area contributed by atoms with Crippen LogP contribution in [0.2, 0.25) is 5.02 Å². The van der Waals surface area contributed by atoms with Gasteiger partial charge in [-0.05, 0) is 24.1 Å². The van der Waals surface area contributed by atoms with Crippen molar-refractivity contribution in [3.05, 3.63) is 77.6 Å². The van der Waals surface area contributed by atoms with Gasteiger partial charge in [-0.15, -0.1) is 0 Å². The lowest BCUT2D eigenvalue weighted by Gasteiger charge is -2.07. The molecule has 4 aromatic rings. The van der Waals surface area contributed by atoms with Gasteiger partial charge in [-0.3, -0.25) is 0 Å². The first-order chi connectivity index (χ1) is 11.8. The lowest BCUT2D eigenvalue weighted by atomic mass is 10.0. The average molecular weight is 334 g/mol. The minimum atomic E-state index is 0.708. The Hall–Kier alpha value is -2.65. The molecule has 4 rings (SSSR count). The molecule has 2 aromatic heterocycles. The molecule has 0 saturated heterocycles. The zero-order valence-electron chi connectivity index (χ0n) is 13.3. The van der Waals surface area contributed by atoms with Crippen LogP contribution in [0.15, 0.2) is 66.9 Å². The Balaban J connectivity index is 2.04. The first-order valence-electron chi connectivity index (χ1n) is 7.96. The molecule has 118 valence electrons. The third-order valence-corrected chi connectivity index (χ3v) is 4.47. The Morgan fingerprint density at radius 1 is 0.958 bits per heavy atom. The van der Waals surface area contributed by atoms with E-state index in [1.165, 1.54) is 0 Å². The molecule has 0 saturated carbocycles. The fraction of sp³-hybridized carbons (Fsp3) is 0.100. The van der Waals surface area contributed by atoms with Crippen molar-refractivity contribution in [2.24, 2.45) is 0 Å². The van der Waals surface area contributed by atoms with E-state index >= 15 is 0 Å². The van der Waals surface area contributed by atoms with E-state index in [9.17, 15) is 0 Å². The zero-order valence-corrected chi connectivity index (χ0v) is 14.0. The van der Waals surface area contributed by atoms with E-state index in [1.807, 2.05) is 59.2 Å². The topological polar surface area (TPSA) is 30.2 Å². The van der Waals surface area contributed by atoms with Gasteiger partial charge in [-0.25, -0.2) is 9.50 Å². The minimum Gasteiger partial charge on any atom is -0.236 e. The van der Waals surface area contributed by atoms with Gasteiger partial charge in [-0.2, -0.15) is 5.10 Å². The molecule has 0 bridgehead atoms. The van der Waals surface area contributed by atoms with Gasteiger partial charge in [0.1, 0.15) is 0 Å². The Morgan fingerprint density at radius 2 is 1.71 bits per heavy atom. The minimum absolute atomic E-state index is 0.708. The van der Waals surface area contributed by atoms with Gasteiger partial charge < -0.3 is 0 Å². The Bertz CT molecular complexity index is 1010. The number of benzene rings is 2. The maximum absolute atomic E-state index is 6.40. The van der Waals surface area contributed by atoms with Crippen molar-refractivity contribution in [3.8, 4) is 22.4 Å². The van der Waals surface area contributed by atoms with E-state index in [1.54, 1.807) is 0 Å². The molecule has 0 N–H and O–H groups in total. The molecule has 3 nitrogen and oxygen atoms in total. The smallest absolute Gasteiger partial charge is 0.163 e. The molecule has 2 heterocycles. The number of hydrogen-bond donors (Lipinski definition) is 0. The summed E-state index contributed by atoms with van der Waals surface area (Å²) in [6.07, 6.45) is 2.66. The van der Waals surface area contributed by atoms with E-state index in [4.69, 9.17) is 16.7 Å². The highest BCUT2D eigenvalue weighted by molar-refractivity contribution is 6.33. The van der Waals surface area contributed by atoms with Crippen LogP contribution in [-0.4, -0.2) is 14.6 Å². The van der Waals surface area contributed by atoms with E-state index < -0.39 is 0 Å². The Labute approximate surface area is 145 Å². The van der Waals surface area contributed by atoms with Crippen molar-refractivity contribution in [3.63, 3.8) is 0 Å². The number of fused-ring (bicyclic) bond motifs is 1. The van der Waals surface area contributed by atoms with Crippen LogP contribution in [0.1, 0.15) is 12.6 Å². The highest BCUT2D eigenvalue weighted by Crippen LogP contribution is 2.32. The third-order valence-electron chi connectivity index (χ3n) is 4.14. The number of hydrogen-bond acceptors (Lipinski definition) is 2. The molecule has 0 fully saturated rings. The molecule has 0 aliphatic rings. The van der Waals surface area contributed by atoms with Crippen LogP contribution in [0.3, 0.4) is 0 Å². The summed E-state index contributed by atoms with van der Waals surface area (Å²) < 4.78 is 1.91. The van der Waals surface area contributed by atoms with E-state index in [0.717, 1.165) is 40.1 Å². The number of aryl methyl sites for hydroxylation is 1. The van der Waals surface area contributed by atoms with Crippen molar-refractivity contribution >= 4 is 17.2 Å². The molecule has 24 heavy (non-hydrogen) atoms. The fourth-order valence-corrected chi connectivity index (χ4v) is 3.24. The normalized spacial score (nSPS) is 11.1. The molecule has 4 heteroatoms. The van der Waals surface area contributed by atoms with Crippen LogP contribution in [0.5, 0.6) is 0 Å². The van der Waals surface area contributed by atoms with Crippen molar-refractivity contribution in [1.82, 2.24) is 14.6 Å². The summed E-state index contributed by atoms with van der Waals surface area (Å²) >= 11 is 6.40. The van der Waals surface area contributed by atoms with Gasteiger partial charge in [0.25, 0.3) is 0 Å². The lowest BCUT2D eigenvalue weighted by molar-refractivity contribution is 0.894. The van der Waals surface area contributed by atoms with Crippen molar-refractivity contribution in [2.45, 2.75) is 13.3 Å². The first kappa shape index (κ1) is 14.9. The summed E-state index contributed by atoms with van der Waals surface area (Å²) in [6.45, 7) is 2.11. The van der Waals surface area contributed by atoms with Crippen molar-refractivity contribution in [1.29, 1.82) is 0 Å². The predicted octanol–water partition coefficient (Wildman–Crippen LogP) is 5.28. The SMILES string of the molecule is CCc1nn2c(-c3ccccc3Cl)ccnc2c1-c1ccccc1. The van der Waals surface area contributed by atoms with Gasteiger partial charge in [0.2, 0.25) is 0 Å². The van der Waals surface area contributed by atoms with Gasteiger partial charge in [0, 0.05) is 22.3 Å². The van der Waals surface area contributed by atoms with Crippen molar-refractivity contribution in [2.75, 3.05) is 0 Å². The second kappa shape index (κ2) is 6.10. The van der Waals surface area contributed by atoms with Gasteiger partial charge in [0.15, 0.2) is 5.65 Å². The van der Waals surface area contributed by atoms with E-state index in [0.29, 0.717) is 5.02 Å². The first-order valence-corrected chi connectivity index (χ1v) is 8.34. The van der Waals surface area contributed by atoms with Gasteiger partial charge in [0.05, 0.1) is 11.4 Å². The van der Waals surface area contributed by atoms with Crippen LogP contribution in [0.4, 0.5) is 0 Å². The van der Waals surface area contributed by atoms with Crippen LogP contribution in [-0.2, 0) is 6.42 Å². The maximum Gasteiger partial charge on any atom is 0.163 e. The summed E-state index contributed by atoms with van der Waals surface area (Å²) in [5.74, 6) is 0. The number of aromatic nitrogens is 3. The molecule has 0 amide bonds. The largest absolute Gasteiger partial charge is 0.236 e. The van der Waals surface area contributed by atoms with Crippen LogP contribution < -0.4 is 0 Å². The highest BCUT2D eigenvalue weighted by atomic mass is 35.5. The van der Waals surface area contributed by atoms with Crippen LogP contribution in [0, 0.1) is 0 Å². The molecule has 0 unspecified atom stereocenters. The Kier molecular flexibility index (Phi) is 3.79. The molecule has 0 atom stereocenters. The molecule has 0 spiro atoms. The van der Waals surface area contributed by atoms with E-state index in [2.05, 4.69) is 24.0 Å². The molecule has 0 radical (unpaired) electrons. The molecule has 2 aromatic carbocycles. The van der Waals surface area contributed by atoms with Gasteiger partial charge >= 0.3 is 0 Å². The van der Waals surface area contributed by atoms with Gasteiger partial charge in [-0.1, -0.05) is 67.1 Å².